The predicted octanol–water partition coefficient (Wildman–Crippen LogP) is 0.928. The summed E-state index contributed by atoms with van der Waals surface area (Å²) in [6.07, 6.45) is -1.64. The maximum atomic E-state index is 12.1. The Morgan fingerprint density at radius 1 is 1.35 bits per heavy atom. The summed E-state index contributed by atoms with van der Waals surface area (Å²) in [5.41, 5.74) is 0.596. The van der Waals surface area contributed by atoms with Crippen molar-refractivity contribution in [1.82, 2.24) is 0 Å². The second-order valence-electron chi connectivity index (χ2n) is 4.67. The third-order valence-corrected chi connectivity index (χ3v) is 3.24. The molecule has 1 aromatic rings. The highest BCUT2D eigenvalue weighted by atomic mass is 16.6. The van der Waals surface area contributed by atoms with Crippen molar-refractivity contribution in [3.8, 4) is 5.75 Å². The molecular weight excluding hydrogens is 262 g/mol. The number of hydrogen-bond acceptors (Lipinski definition) is 5. The minimum absolute atomic E-state index is 0.267. The molecule has 1 saturated heterocycles. The third kappa shape index (κ3) is 2.46. The molecule has 1 aliphatic heterocycles. The van der Waals surface area contributed by atoms with E-state index in [2.05, 4.69) is 0 Å². The maximum Gasteiger partial charge on any atom is 0.304 e. The van der Waals surface area contributed by atoms with Crippen molar-refractivity contribution < 1.29 is 24.2 Å². The van der Waals surface area contributed by atoms with Gasteiger partial charge >= 0.3 is 5.97 Å². The Bertz CT molecular complexity index is 511. The topological polar surface area (TPSA) is 76.1 Å². The van der Waals surface area contributed by atoms with E-state index < -0.39 is 24.2 Å². The monoisotopic (exact) mass is 279 g/mol. The number of rotatable bonds is 4. The summed E-state index contributed by atoms with van der Waals surface area (Å²) in [5.74, 6) is -0.818. The molecule has 108 valence electrons. The number of hydrogen-bond donors (Lipinski definition) is 1. The van der Waals surface area contributed by atoms with Gasteiger partial charge in [-0.2, -0.15) is 0 Å². The Hall–Kier alpha value is -2.08. The van der Waals surface area contributed by atoms with Crippen LogP contribution in [0, 0.1) is 5.92 Å². The van der Waals surface area contributed by atoms with Crippen LogP contribution in [0.1, 0.15) is 13.8 Å². The van der Waals surface area contributed by atoms with Crippen LogP contribution in [-0.2, 0) is 14.3 Å². The number of amides is 1. The highest BCUT2D eigenvalue weighted by molar-refractivity contribution is 6.03. The van der Waals surface area contributed by atoms with Gasteiger partial charge in [0, 0.05) is 12.6 Å². The van der Waals surface area contributed by atoms with Crippen LogP contribution < -0.4 is 9.64 Å². The molecule has 1 fully saturated rings. The van der Waals surface area contributed by atoms with Gasteiger partial charge in [0.05, 0.1) is 13.2 Å². The molecule has 20 heavy (non-hydrogen) atoms. The van der Waals surface area contributed by atoms with Gasteiger partial charge in [-0.3, -0.25) is 14.5 Å². The molecule has 0 spiro atoms. The molecule has 0 bridgehead atoms. The summed E-state index contributed by atoms with van der Waals surface area (Å²) in [4.78, 5) is 24.6. The highest BCUT2D eigenvalue weighted by Crippen LogP contribution is 2.36. The van der Waals surface area contributed by atoms with Crippen molar-refractivity contribution in [2.45, 2.75) is 26.2 Å². The number of methoxy groups -OCH3 is 1. The summed E-state index contributed by atoms with van der Waals surface area (Å²) in [7, 11) is 1.55. The number of β-lactam (4-membered cyclic amide) rings is 1. The van der Waals surface area contributed by atoms with Crippen molar-refractivity contribution in [1.29, 1.82) is 0 Å². The van der Waals surface area contributed by atoms with Crippen molar-refractivity contribution in [3.63, 3.8) is 0 Å². The Balaban J connectivity index is 2.24. The number of benzene rings is 1. The Labute approximate surface area is 116 Å². The van der Waals surface area contributed by atoms with Gasteiger partial charge in [0.2, 0.25) is 5.91 Å². The fourth-order valence-corrected chi connectivity index (χ4v) is 2.24. The van der Waals surface area contributed by atoms with Gasteiger partial charge in [-0.1, -0.05) is 0 Å². The number of carbonyl (C=O) groups excluding carboxylic acids is 2. The second kappa shape index (κ2) is 5.50. The van der Waals surface area contributed by atoms with E-state index in [1.807, 2.05) is 0 Å². The van der Waals surface area contributed by atoms with Gasteiger partial charge in [-0.05, 0) is 31.2 Å². The van der Waals surface area contributed by atoms with Crippen LogP contribution in [0.5, 0.6) is 5.75 Å². The molecule has 1 heterocycles. The summed E-state index contributed by atoms with van der Waals surface area (Å²) in [6.45, 7) is 2.78. The van der Waals surface area contributed by atoms with Crippen LogP contribution in [0.15, 0.2) is 24.3 Å². The normalized spacial score (nSPS) is 23.0. The van der Waals surface area contributed by atoms with Crippen LogP contribution in [0.4, 0.5) is 5.69 Å². The molecule has 3 atom stereocenters. The zero-order chi connectivity index (χ0) is 14.9. The molecule has 2 rings (SSSR count). The van der Waals surface area contributed by atoms with Gasteiger partial charge < -0.3 is 14.6 Å². The van der Waals surface area contributed by atoms with E-state index in [-0.39, 0.29) is 5.91 Å². The smallest absolute Gasteiger partial charge is 0.304 e. The fraction of sp³-hybridized carbons (Fsp3) is 0.429. The minimum atomic E-state index is -0.874. The van der Waals surface area contributed by atoms with E-state index in [4.69, 9.17) is 9.47 Å². The van der Waals surface area contributed by atoms with Crippen molar-refractivity contribution >= 4 is 17.6 Å². The lowest BCUT2D eigenvalue weighted by Crippen LogP contribution is -2.66. The molecular formula is C14H17NO5. The van der Waals surface area contributed by atoms with Gasteiger partial charge in [0.1, 0.15) is 11.7 Å². The first-order valence-corrected chi connectivity index (χ1v) is 6.28. The summed E-state index contributed by atoms with van der Waals surface area (Å²) in [5, 5.41) is 9.61. The Kier molecular flexibility index (Phi) is 3.94. The number of aliphatic hydroxyl groups is 1. The van der Waals surface area contributed by atoms with Crippen molar-refractivity contribution in [3.05, 3.63) is 24.3 Å². The molecule has 1 N–H and O–H groups in total. The van der Waals surface area contributed by atoms with Gasteiger partial charge in [0.15, 0.2) is 6.23 Å². The van der Waals surface area contributed by atoms with E-state index in [1.54, 1.807) is 31.4 Å². The lowest BCUT2D eigenvalue weighted by Gasteiger charge is -2.46. The molecule has 0 radical (unpaired) electrons. The van der Waals surface area contributed by atoms with Gasteiger partial charge in [-0.25, -0.2) is 0 Å². The quantitative estimate of drug-likeness (QED) is 0.655. The summed E-state index contributed by atoms with van der Waals surface area (Å²) >= 11 is 0. The Morgan fingerprint density at radius 3 is 2.40 bits per heavy atom. The first-order valence-electron chi connectivity index (χ1n) is 6.28. The van der Waals surface area contributed by atoms with E-state index in [9.17, 15) is 14.7 Å². The zero-order valence-corrected chi connectivity index (χ0v) is 11.6. The Morgan fingerprint density at radius 2 is 1.95 bits per heavy atom. The van der Waals surface area contributed by atoms with E-state index in [0.717, 1.165) is 0 Å². The fourth-order valence-electron chi connectivity index (χ4n) is 2.24. The largest absolute Gasteiger partial charge is 0.497 e. The molecule has 1 aromatic carbocycles. The highest BCUT2D eigenvalue weighted by Gasteiger charge is 2.52. The summed E-state index contributed by atoms with van der Waals surface area (Å²) in [6, 6.07) is 6.82. The molecule has 0 saturated carbocycles. The number of aliphatic hydroxyl groups excluding tert-OH is 1. The number of nitrogens with zero attached hydrogens (tertiary/aromatic N) is 1. The average molecular weight is 279 g/mol. The number of esters is 1. The first kappa shape index (κ1) is 14.3. The predicted molar refractivity (Wildman–Crippen MR) is 71.2 cm³/mol. The van der Waals surface area contributed by atoms with Crippen LogP contribution in [-0.4, -0.2) is 36.4 Å². The molecule has 0 aromatic heterocycles. The molecule has 6 heteroatoms. The number of anilines is 1. The average Bonchev–Trinajstić information content (AvgIpc) is 2.38. The minimum Gasteiger partial charge on any atom is -0.497 e. The molecule has 0 aliphatic carbocycles. The molecule has 0 unspecified atom stereocenters. The molecule has 1 aliphatic rings. The first-order chi connectivity index (χ1) is 9.45. The van der Waals surface area contributed by atoms with E-state index in [0.29, 0.717) is 11.4 Å². The van der Waals surface area contributed by atoms with Crippen molar-refractivity contribution in [2.24, 2.45) is 5.92 Å². The van der Waals surface area contributed by atoms with Gasteiger partial charge in [-0.15, -0.1) is 0 Å². The SMILES string of the molecule is COc1ccc(N2C(=O)[C@H]([C@@H](C)O)[C@H]2OC(C)=O)cc1. The van der Waals surface area contributed by atoms with Crippen molar-refractivity contribution in [2.75, 3.05) is 12.0 Å². The van der Waals surface area contributed by atoms with E-state index in [1.165, 1.54) is 18.7 Å². The number of ether oxygens (including phenoxy) is 2. The molecule has 1 amide bonds. The second-order valence-corrected chi connectivity index (χ2v) is 4.67. The van der Waals surface area contributed by atoms with Gasteiger partial charge in [0.25, 0.3) is 0 Å². The van der Waals surface area contributed by atoms with E-state index >= 15 is 0 Å². The lowest BCUT2D eigenvalue weighted by molar-refractivity contribution is -0.166. The van der Waals surface area contributed by atoms with Crippen LogP contribution >= 0.6 is 0 Å². The third-order valence-electron chi connectivity index (χ3n) is 3.24. The van der Waals surface area contributed by atoms with Crippen LogP contribution in [0.25, 0.3) is 0 Å². The summed E-state index contributed by atoms with van der Waals surface area (Å²) < 4.78 is 10.2. The maximum absolute atomic E-state index is 12.1. The lowest BCUT2D eigenvalue weighted by atomic mass is 9.89. The standard InChI is InChI=1S/C14H17NO5/c1-8(16)12-13(18)15(14(12)20-9(2)17)10-4-6-11(19-3)7-5-10/h4-8,12,14,16H,1-3H3/t8-,12+,14-/m1/s1. The number of carbonyl (C=O) groups is 2. The van der Waals surface area contributed by atoms with Crippen LogP contribution in [0.2, 0.25) is 0 Å². The molecule has 6 nitrogen and oxygen atoms in total. The van der Waals surface area contributed by atoms with Crippen LogP contribution in [0.3, 0.4) is 0 Å². The zero-order valence-electron chi connectivity index (χ0n) is 11.6.